The monoisotopic (exact) mass is 412 g/mol. The van der Waals surface area contributed by atoms with Crippen LogP contribution in [0.1, 0.15) is 0 Å². The van der Waals surface area contributed by atoms with Crippen molar-refractivity contribution in [1.82, 2.24) is 9.80 Å². The smallest absolute Gasteiger partial charge is 0.269 e. The van der Waals surface area contributed by atoms with Gasteiger partial charge in [0, 0.05) is 81.6 Å². The minimum absolute atomic E-state index is 0.151. The fourth-order valence-electron chi connectivity index (χ4n) is 3.60. The highest BCUT2D eigenvalue weighted by atomic mass is 16.6. The van der Waals surface area contributed by atoms with Crippen LogP contribution in [0.2, 0.25) is 0 Å². The van der Waals surface area contributed by atoms with Crippen LogP contribution in [0.25, 0.3) is 0 Å². The highest BCUT2D eigenvalue weighted by Gasteiger charge is 2.15. The highest BCUT2D eigenvalue weighted by Crippen LogP contribution is 2.20. The summed E-state index contributed by atoms with van der Waals surface area (Å²) in [6.07, 6.45) is 0. The third-order valence-corrected chi connectivity index (χ3v) is 5.69. The van der Waals surface area contributed by atoms with Gasteiger partial charge < -0.3 is 25.3 Å². The molecule has 0 aromatic heterocycles. The summed E-state index contributed by atoms with van der Waals surface area (Å²) in [5.74, 6) is 0. The van der Waals surface area contributed by atoms with E-state index >= 15 is 0 Å². The van der Waals surface area contributed by atoms with Crippen LogP contribution in [0.4, 0.5) is 22.7 Å². The Morgan fingerprint density at radius 1 is 0.700 bits per heavy atom. The summed E-state index contributed by atoms with van der Waals surface area (Å²) in [4.78, 5) is 19.4. The third kappa shape index (κ3) is 6.08. The molecule has 2 aromatic rings. The summed E-state index contributed by atoms with van der Waals surface area (Å²) in [6.45, 7) is 8.55. The summed E-state index contributed by atoms with van der Waals surface area (Å²) in [5, 5.41) is 10.5. The van der Waals surface area contributed by atoms with Crippen molar-refractivity contribution in [3.05, 3.63) is 58.6 Å². The predicted octanol–water partition coefficient (Wildman–Crippen LogP) is 2.37. The van der Waals surface area contributed by atoms with E-state index in [1.54, 1.807) is 12.1 Å². The van der Waals surface area contributed by atoms with E-state index in [1.807, 2.05) is 24.3 Å². The van der Waals surface area contributed by atoms with Gasteiger partial charge in [-0.15, -0.1) is 0 Å². The van der Waals surface area contributed by atoms with Gasteiger partial charge in [0.1, 0.15) is 0 Å². The highest BCUT2D eigenvalue weighted by molar-refractivity contribution is 5.53. The van der Waals surface area contributed by atoms with Crippen LogP contribution >= 0.6 is 0 Å². The van der Waals surface area contributed by atoms with E-state index < -0.39 is 0 Å². The molecule has 8 heteroatoms. The second kappa shape index (κ2) is 10.3. The van der Waals surface area contributed by atoms with Crippen LogP contribution in [0.3, 0.4) is 0 Å². The number of piperazine rings is 2. The number of nitrogens with zero attached hydrogens (tertiary/aromatic N) is 5. The number of nitrogens with two attached hydrogens (primary N) is 1. The maximum atomic E-state index is 10.5. The average Bonchev–Trinajstić information content (AvgIpc) is 2.76. The SMILES string of the molecule is CN1CCN(c2ccc(N)cc2)CC1.CN1CCN(c2ccc([N+](=O)[O-])cc2)CC1. The minimum Gasteiger partial charge on any atom is -0.399 e. The van der Waals surface area contributed by atoms with Crippen LogP contribution in [0, 0.1) is 10.1 Å². The third-order valence-electron chi connectivity index (χ3n) is 5.69. The Morgan fingerprint density at radius 2 is 1.07 bits per heavy atom. The molecule has 0 aliphatic carbocycles. The molecule has 8 nitrogen and oxygen atoms in total. The number of anilines is 3. The Hall–Kier alpha value is -2.84. The Kier molecular flexibility index (Phi) is 7.48. The number of nitro benzene ring substituents is 1. The number of nitrogen functional groups attached to an aromatic ring is 1. The lowest BCUT2D eigenvalue weighted by Crippen LogP contribution is -2.44. The molecule has 0 radical (unpaired) electrons. The summed E-state index contributed by atoms with van der Waals surface area (Å²) >= 11 is 0. The molecule has 0 unspecified atom stereocenters. The van der Waals surface area contributed by atoms with Crippen molar-refractivity contribution in [2.24, 2.45) is 0 Å². The topological polar surface area (TPSA) is 82.1 Å². The first-order valence-corrected chi connectivity index (χ1v) is 10.4. The van der Waals surface area contributed by atoms with Gasteiger partial charge >= 0.3 is 0 Å². The molecule has 162 valence electrons. The average molecular weight is 413 g/mol. The molecule has 2 N–H and O–H groups in total. The molecule has 0 saturated carbocycles. The zero-order valence-corrected chi connectivity index (χ0v) is 17.9. The lowest BCUT2D eigenvalue weighted by molar-refractivity contribution is -0.384. The van der Waals surface area contributed by atoms with Crippen molar-refractivity contribution in [2.45, 2.75) is 0 Å². The number of likely N-dealkylation sites (N-methyl/N-ethyl adjacent to an activating group) is 2. The van der Waals surface area contributed by atoms with E-state index in [9.17, 15) is 10.1 Å². The minimum atomic E-state index is -0.367. The maximum Gasteiger partial charge on any atom is 0.269 e. The Balaban J connectivity index is 0.000000172. The molecule has 2 heterocycles. The Morgan fingerprint density at radius 3 is 1.43 bits per heavy atom. The zero-order chi connectivity index (χ0) is 21.5. The molecule has 4 rings (SSSR count). The molecule has 0 bridgehead atoms. The van der Waals surface area contributed by atoms with E-state index in [0.717, 1.165) is 63.7 Å². The van der Waals surface area contributed by atoms with Crippen molar-refractivity contribution >= 4 is 22.7 Å². The quantitative estimate of drug-likeness (QED) is 0.471. The van der Waals surface area contributed by atoms with Crippen LogP contribution in [-0.4, -0.2) is 81.2 Å². The molecule has 2 fully saturated rings. The molecule has 2 aliphatic rings. The van der Waals surface area contributed by atoms with Crippen LogP contribution in [0.5, 0.6) is 0 Å². The second-order valence-electron chi connectivity index (χ2n) is 7.95. The fourth-order valence-corrected chi connectivity index (χ4v) is 3.60. The summed E-state index contributed by atoms with van der Waals surface area (Å²) < 4.78 is 0. The molecule has 30 heavy (non-hydrogen) atoms. The largest absolute Gasteiger partial charge is 0.399 e. The van der Waals surface area contributed by atoms with Gasteiger partial charge in [-0.2, -0.15) is 0 Å². The van der Waals surface area contributed by atoms with E-state index in [1.165, 1.54) is 5.69 Å². The van der Waals surface area contributed by atoms with Crippen molar-refractivity contribution in [2.75, 3.05) is 82.0 Å². The summed E-state index contributed by atoms with van der Waals surface area (Å²) in [7, 11) is 4.27. The van der Waals surface area contributed by atoms with Crippen molar-refractivity contribution in [3.8, 4) is 0 Å². The van der Waals surface area contributed by atoms with Gasteiger partial charge in [0.15, 0.2) is 0 Å². The number of hydrogen-bond donors (Lipinski definition) is 1. The normalized spacial score (nSPS) is 17.9. The number of benzene rings is 2. The molecule has 2 aromatic carbocycles. The molecule has 0 spiro atoms. The number of hydrogen-bond acceptors (Lipinski definition) is 7. The lowest BCUT2D eigenvalue weighted by atomic mass is 10.2. The number of rotatable bonds is 3. The zero-order valence-electron chi connectivity index (χ0n) is 17.9. The van der Waals surface area contributed by atoms with Gasteiger partial charge in [-0.05, 0) is 50.5 Å². The fraction of sp³-hybridized carbons (Fsp3) is 0.455. The number of nitro groups is 1. The Labute approximate surface area is 178 Å². The van der Waals surface area contributed by atoms with Gasteiger partial charge in [-0.25, -0.2) is 0 Å². The molecule has 2 aliphatic heterocycles. The predicted molar refractivity (Wildman–Crippen MR) is 123 cm³/mol. The standard InChI is InChI=1S/C11H15N3O2.C11H17N3/c1-12-6-8-13(9-7-12)10-2-4-11(5-3-10)14(15)16;1-13-6-8-14(9-7-13)11-4-2-10(12)3-5-11/h2-5H,6-9H2,1H3;2-5H,6-9,12H2,1H3. The first kappa shape index (κ1) is 21.9. The van der Waals surface area contributed by atoms with Gasteiger partial charge in [0.2, 0.25) is 0 Å². The van der Waals surface area contributed by atoms with Gasteiger partial charge in [-0.1, -0.05) is 0 Å². The molecule has 0 amide bonds. The van der Waals surface area contributed by atoms with E-state index in [4.69, 9.17) is 5.73 Å². The molecular weight excluding hydrogens is 380 g/mol. The maximum absolute atomic E-state index is 10.5. The Bertz CT molecular complexity index is 795. The first-order valence-electron chi connectivity index (χ1n) is 10.4. The first-order chi connectivity index (χ1) is 14.4. The second-order valence-corrected chi connectivity index (χ2v) is 7.95. The van der Waals surface area contributed by atoms with Gasteiger partial charge in [-0.3, -0.25) is 10.1 Å². The molecule has 0 atom stereocenters. The van der Waals surface area contributed by atoms with E-state index in [2.05, 4.69) is 45.8 Å². The van der Waals surface area contributed by atoms with Crippen LogP contribution in [0.15, 0.2) is 48.5 Å². The van der Waals surface area contributed by atoms with Crippen LogP contribution < -0.4 is 15.5 Å². The summed E-state index contributed by atoms with van der Waals surface area (Å²) in [6, 6.07) is 14.9. The number of non-ortho nitro benzene ring substituents is 1. The van der Waals surface area contributed by atoms with Crippen molar-refractivity contribution in [3.63, 3.8) is 0 Å². The summed E-state index contributed by atoms with van der Waals surface area (Å²) in [5.41, 5.74) is 8.99. The van der Waals surface area contributed by atoms with E-state index in [0.29, 0.717) is 0 Å². The lowest BCUT2D eigenvalue weighted by Gasteiger charge is -2.34. The van der Waals surface area contributed by atoms with Crippen molar-refractivity contribution in [1.29, 1.82) is 0 Å². The molecule has 2 saturated heterocycles. The molecular formula is C22H32N6O2. The van der Waals surface area contributed by atoms with Crippen molar-refractivity contribution < 1.29 is 4.92 Å². The van der Waals surface area contributed by atoms with Gasteiger partial charge in [0.25, 0.3) is 5.69 Å². The van der Waals surface area contributed by atoms with Crippen LogP contribution in [-0.2, 0) is 0 Å². The van der Waals surface area contributed by atoms with Gasteiger partial charge in [0.05, 0.1) is 4.92 Å². The van der Waals surface area contributed by atoms with E-state index in [-0.39, 0.29) is 10.6 Å².